The molecule has 8 aromatic rings. The van der Waals surface area contributed by atoms with Crippen LogP contribution >= 0.6 is 0 Å². The Hall–Kier alpha value is -6.40. The Morgan fingerprint density at radius 3 is 1.31 bits per heavy atom. The van der Waals surface area contributed by atoms with Crippen LogP contribution < -0.4 is 18.9 Å². The first-order chi connectivity index (χ1) is 23.8. The zero-order chi connectivity index (χ0) is 31.1. The largest absolute Gasteiger partial charge is 0.457 e. The summed E-state index contributed by atoms with van der Waals surface area (Å²) >= 11 is 0. The van der Waals surface area contributed by atoms with Crippen LogP contribution in [0.1, 0.15) is 0 Å². The average Bonchev–Trinajstić information content (AvgIpc) is 3.46. The maximum Gasteiger partial charge on any atom is 0.231 e. The van der Waals surface area contributed by atoms with Crippen molar-refractivity contribution < 1.29 is 27.8 Å². The average molecular weight is 623 g/mol. The SMILES string of the molecule is c1ccc2c3c(ccc2c1)OCOc1c-3c2cccc3oc4c5c(c6cccc7oc1c(c32)-c4c76)-c1c(ccc2ccccc12)OCO5. The summed E-state index contributed by atoms with van der Waals surface area (Å²) in [5, 5.41) is 8.33. The second kappa shape index (κ2) is 8.69. The molecule has 0 saturated heterocycles. The van der Waals surface area contributed by atoms with Gasteiger partial charge >= 0.3 is 0 Å². The van der Waals surface area contributed by atoms with E-state index in [2.05, 4.69) is 72.8 Å². The highest BCUT2D eigenvalue weighted by Crippen LogP contribution is 2.60. The number of hydrogen-bond donors (Lipinski definition) is 0. The lowest BCUT2D eigenvalue weighted by molar-refractivity contribution is 0.125. The normalized spacial score (nSPS) is 13.9. The van der Waals surface area contributed by atoms with Crippen LogP contribution in [0.25, 0.3) is 98.8 Å². The van der Waals surface area contributed by atoms with Crippen molar-refractivity contribution in [2.45, 2.75) is 0 Å². The third-order valence-electron chi connectivity index (χ3n) is 10.2. The highest BCUT2D eigenvalue weighted by atomic mass is 16.7. The minimum Gasteiger partial charge on any atom is -0.457 e. The Kier molecular flexibility index (Phi) is 4.49. The lowest BCUT2D eigenvalue weighted by Gasteiger charge is -2.25. The van der Waals surface area contributed by atoms with Gasteiger partial charge in [0.05, 0.1) is 0 Å². The molecular weight excluding hydrogens is 600 g/mol. The van der Waals surface area contributed by atoms with E-state index in [1.54, 1.807) is 0 Å². The Bertz CT molecular complexity index is 2760. The molecule has 0 saturated carbocycles. The molecule has 6 nitrogen and oxygen atoms in total. The lowest BCUT2D eigenvalue weighted by atomic mass is 9.83. The van der Waals surface area contributed by atoms with Gasteiger partial charge in [0.1, 0.15) is 22.7 Å². The summed E-state index contributed by atoms with van der Waals surface area (Å²) in [7, 11) is 0. The van der Waals surface area contributed by atoms with Crippen molar-refractivity contribution in [1.29, 1.82) is 0 Å². The van der Waals surface area contributed by atoms with Crippen molar-refractivity contribution in [3.8, 4) is 56.4 Å². The molecule has 0 spiro atoms. The summed E-state index contributed by atoms with van der Waals surface area (Å²) in [5.74, 6) is 2.83. The van der Waals surface area contributed by atoms with Gasteiger partial charge in [0.25, 0.3) is 0 Å². The van der Waals surface area contributed by atoms with Gasteiger partial charge < -0.3 is 27.8 Å². The molecule has 4 heterocycles. The van der Waals surface area contributed by atoms with E-state index in [0.717, 1.165) is 99.1 Å². The molecule has 0 unspecified atom stereocenters. The summed E-state index contributed by atoms with van der Waals surface area (Å²) in [4.78, 5) is 0. The zero-order valence-electron chi connectivity index (χ0n) is 25.3. The second-order valence-corrected chi connectivity index (χ2v) is 12.5. The number of hydrogen-bond acceptors (Lipinski definition) is 6. The predicted octanol–water partition coefficient (Wildman–Crippen LogP) is 11.1. The lowest BCUT2D eigenvalue weighted by Crippen LogP contribution is -2.06. The standard InChI is InChI=1S/C42H22O6/c1-3-9-23-21(7-1)15-17-27-31(23)35-25-11-5-13-29-33(25)37-38-34-26(12-6-14-30(34)47-41(37)39(35)45-19-43-27)36-32-24-10-4-2-8-22(24)16-18-28(32)44-20-46-40(36)42(38)48-29/h1-18H,19-20H2. The van der Waals surface area contributed by atoms with Crippen LogP contribution in [-0.2, 0) is 0 Å². The van der Waals surface area contributed by atoms with Gasteiger partial charge in [-0.05, 0) is 56.6 Å². The highest BCUT2D eigenvalue weighted by molar-refractivity contribution is 6.31. The molecule has 8 aromatic carbocycles. The van der Waals surface area contributed by atoms with Gasteiger partial charge in [0.15, 0.2) is 22.7 Å². The van der Waals surface area contributed by atoms with E-state index in [0.29, 0.717) is 22.7 Å². The van der Waals surface area contributed by atoms with Crippen molar-refractivity contribution in [1.82, 2.24) is 0 Å². The van der Waals surface area contributed by atoms with Crippen LogP contribution in [0.15, 0.2) is 118 Å². The van der Waals surface area contributed by atoms with Crippen molar-refractivity contribution in [2.75, 3.05) is 13.6 Å². The molecule has 12 rings (SSSR count). The summed E-state index contributed by atoms with van der Waals surface area (Å²) in [6.45, 7) is 0.0997. The molecule has 0 bridgehead atoms. The van der Waals surface area contributed by atoms with E-state index in [4.69, 9.17) is 27.8 Å². The summed E-state index contributed by atoms with van der Waals surface area (Å²) in [5.41, 5.74) is 8.42. The Morgan fingerprint density at radius 2 is 0.812 bits per heavy atom. The van der Waals surface area contributed by atoms with Gasteiger partial charge in [-0.2, -0.15) is 0 Å². The van der Waals surface area contributed by atoms with Crippen LogP contribution in [0.2, 0.25) is 0 Å². The van der Waals surface area contributed by atoms with Crippen LogP contribution in [0.4, 0.5) is 0 Å². The van der Waals surface area contributed by atoms with Gasteiger partial charge in [-0.1, -0.05) is 84.9 Å². The van der Waals surface area contributed by atoms with Crippen LogP contribution in [-0.4, -0.2) is 13.6 Å². The summed E-state index contributed by atoms with van der Waals surface area (Å²) < 4.78 is 39.6. The number of benzene rings is 8. The van der Waals surface area contributed by atoms with Gasteiger partial charge in [-0.15, -0.1) is 0 Å². The fourth-order valence-electron chi connectivity index (χ4n) is 8.32. The van der Waals surface area contributed by atoms with Crippen molar-refractivity contribution in [2.24, 2.45) is 0 Å². The maximum absolute atomic E-state index is 7.01. The van der Waals surface area contributed by atoms with E-state index >= 15 is 0 Å². The van der Waals surface area contributed by atoms with Crippen molar-refractivity contribution in [3.63, 3.8) is 0 Å². The van der Waals surface area contributed by atoms with Crippen LogP contribution in [0.3, 0.4) is 0 Å². The van der Waals surface area contributed by atoms with Gasteiger partial charge in [0.2, 0.25) is 13.6 Å². The zero-order valence-corrected chi connectivity index (χ0v) is 25.3. The molecule has 0 fully saturated rings. The molecule has 0 aromatic heterocycles. The molecule has 0 radical (unpaired) electrons. The molecule has 0 N–H and O–H groups in total. The molecule has 0 amide bonds. The number of rotatable bonds is 0. The second-order valence-electron chi connectivity index (χ2n) is 12.5. The quantitative estimate of drug-likeness (QED) is 0.124. The van der Waals surface area contributed by atoms with Gasteiger partial charge in [-0.3, -0.25) is 0 Å². The summed E-state index contributed by atoms with van der Waals surface area (Å²) in [6.07, 6.45) is 0. The van der Waals surface area contributed by atoms with Crippen LogP contribution in [0, 0.1) is 0 Å². The van der Waals surface area contributed by atoms with E-state index in [-0.39, 0.29) is 13.6 Å². The van der Waals surface area contributed by atoms with Crippen molar-refractivity contribution in [3.05, 3.63) is 109 Å². The van der Waals surface area contributed by atoms with E-state index in [9.17, 15) is 0 Å². The predicted molar refractivity (Wildman–Crippen MR) is 187 cm³/mol. The van der Waals surface area contributed by atoms with Crippen molar-refractivity contribution >= 4 is 65.4 Å². The van der Waals surface area contributed by atoms with E-state index < -0.39 is 0 Å². The summed E-state index contributed by atoms with van der Waals surface area (Å²) in [6, 6.07) is 37.4. The fourth-order valence-corrected chi connectivity index (χ4v) is 8.32. The molecule has 0 aliphatic carbocycles. The molecule has 0 atom stereocenters. The number of ether oxygens (including phenoxy) is 4. The third-order valence-corrected chi connectivity index (χ3v) is 10.2. The minimum atomic E-state index is 0.0498. The molecule has 226 valence electrons. The van der Waals surface area contributed by atoms with Gasteiger partial charge in [0, 0.05) is 44.2 Å². The van der Waals surface area contributed by atoms with E-state index in [1.807, 2.05) is 36.4 Å². The highest BCUT2D eigenvalue weighted by Gasteiger charge is 2.36. The first-order valence-electron chi connectivity index (χ1n) is 16.0. The third kappa shape index (κ3) is 2.94. The smallest absolute Gasteiger partial charge is 0.231 e. The molecule has 4 aliphatic rings. The fraction of sp³-hybridized carbons (Fsp3) is 0.0476. The Labute approximate surface area is 271 Å². The Morgan fingerprint density at radius 1 is 0.354 bits per heavy atom. The minimum absolute atomic E-state index is 0.0498. The van der Waals surface area contributed by atoms with Crippen LogP contribution in [0.5, 0.6) is 23.0 Å². The van der Waals surface area contributed by atoms with Gasteiger partial charge in [-0.25, -0.2) is 0 Å². The van der Waals surface area contributed by atoms with E-state index in [1.165, 1.54) is 0 Å². The molecule has 4 aliphatic heterocycles. The monoisotopic (exact) mass is 622 g/mol. The first kappa shape index (κ1) is 24.8. The first-order valence-corrected chi connectivity index (χ1v) is 16.0. The molecule has 48 heavy (non-hydrogen) atoms. The maximum atomic E-state index is 7.01. The topological polar surface area (TPSA) is 63.2 Å². The molecular formula is C42H22O6. The molecule has 6 heteroatoms. The number of fused-ring (bicyclic) bond motifs is 14. The Balaban J connectivity index is 1.32.